The molecule has 1 aromatic heterocycles. The van der Waals surface area contributed by atoms with Crippen LogP contribution in [-0.4, -0.2) is 41.3 Å². The zero-order chi connectivity index (χ0) is 11.6. The number of rotatable bonds is 9. The Bertz CT molecular complexity index is 247. The topological polar surface area (TPSA) is 44.0 Å². The molecule has 5 heteroatoms. The first-order chi connectivity index (χ1) is 7.86. The summed E-state index contributed by atoms with van der Waals surface area (Å²) >= 11 is 0. The molecule has 0 bridgehead atoms. The molecule has 0 aliphatic carbocycles. The Morgan fingerprint density at radius 2 is 2.06 bits per heavy atom. The Hall–Kier alpha value is -0.580. The van der Waals surface area contributed by atoms with Crippen molar-refractivity contribution in [3.05, 3.63) is 18.0 Å². The molecule has 1 aromatic rings. The molecule has 0 unspecified atom stereocenters. The van der Waals surface area contributed by atoms with Gasteiger partial charge in [0.1, 0.15) is 0 Å². The maximum atomic E-state index is 3.91. The van der Waals surface area contributed by atoms with Crippen molar-refractivity contribution >= 4 is 12.4 Å². The van der Waals surface area contributed by atoms with Gasteiger partial charge in [0.05, 0.1) is 0 Å². The maximum absolute atomic E-state index is 3.91. The average molecular weight is 261 g/mol. The molecule has 0 radical (unpaired) electrons. The molecule has 0 aliphatic heterocycles. The summed E-state index contributed by atoms with van der Waals surface area (Å²) in [5, 5.41) is 10.3. The number of H-pyrrole nitrogens is 1. The van der Waals surface area contributed by atoms with E-state index >= 15 is 0 Å². The first-order valence-electron chi connectivity index (χ1n) is 6.28. The van der Waals surface area contributed by atoms with E-state index in [1.165, 1.54) is 19.4 Å². The van der Waals surface area contributed by atoms with E-state index in [0.29, 0.717) is 0 Å². The number of hydrogen-bond donors (Lipinski definition) is 2. The van der Waals surface area contributed by atoms with Crippen molar-refractivity contribution in [1.29, 1.82) is 0 Å². The summed E-state index contributed by atoms with van der Waals surface area (Å²) in [6, 6.07) is 2.00. The van der Waals surface area contributed by atoms with Crippen molar-refractivity contribution < 1.29 is 0 Å². The van der Waals surface area contributed by atoms with Crippen molar-refractivity contribution in [2.24, 2.45) is 0 Å². The summed E-state index contributed by atoms with van der Waals surface area (Å²) in [6.45, 7) is 9.97. The third-order valence-electron chi connectivity index (χ3n) is 2.85. The SMILES string of the molecule is CCN(CC)CCCCNCc1ccn[nH]1.Cl. The number of hydrogen-bond acceptors (Lipinski definition) is 3. The van der Waals surface area contributed by atoms with Crippen LogP contribution in [0.4, 0.5) is 0 Å². The zero-order valence-corrected chi connectivity index (χ0v) is 11.7. The summed E-state index contributed by atoms with van der Waals surface area (Å²) in [7, 11) is 0. The monoisotopic (exact) mass is 260 g/mol. The minimum Gasteiger partial charge on any atom is -0.311 e. The van der Waals surface area contributed by atoms with E-state index in [1.807, 2.05) is 6.07 Å². The minimum absolute atomic E-state index is 0. The van der Waals surface area contributed by atoms with Crippen LogP contribution < -0.4 is 5.32 Å². The van der Waals surface area contributed by atoms with Crippen LogP contribution in [-0.2, 0) is 6.54 Å². The minimum atomic E-state index is 0. The van der Waals surface area contributed by atoms with Crippen molar-refractivity contribution in [1.82, 2.24) is 20.4 Å². The van der Waals surface area contributed by atoms with Crippen molar-refractivity contribution in [2.45, 2.75) is 33.2 Å². The van der Waals surface area contributed by atoms with Gasteiger partial charge >= 0.3 is 0 Å². The Labute approximate surface area is 111 Å². The summed E-state index contributed by atoms with van der Waals surface area (Å²) in [5.74, 6) is 0. The molecule has 0 saturated carbocycles. The van der Waals surface area contributed by atoms with E-state index in [2.05, 4.69) is 34.3 Å². The largest absolute Gasteiger partial charge is 0.311 e. The highest BCUT2D eigenvalue weighted by Crippen LogP contribution is 1.95. The van der Waals surface area contributed by atoms with E-state index < -0.39 is 0 Å². The quantitative estimate of drug-likeness (QED) is 0.668. The van der Waals surface area contributed by atoms with E-state index in [4.69, 9.17) is 0 Å². The molecule has 2 N–H and O–H groups in total. The van der Waals surface area contributed by atoms with Crippen molar-refractivity contribution in [2.75, 3.05) is 26.2 Å². The summed E-state index contributed by atoms with van der Waals surface area (Å²) in [4.78, 5) is 2.47. The van der Waals surface area contributed by atoms with Crippen molar-refractivity contribution in [3.8, 4) is 0 Å². The van der Waals surface area contributed by atoms with Gasteiger partial charge < -0.3 is 10.2 Å². The van der Waals surface area contributed by atoms with Gasteiger partial charge in [-0.05, 0) is 45.1 Å². The Kier molecular flexibility index (Phi) is 10.2. The van der Waals surface area contributed by atoms with Gasteiger partial charge in [0.25, 0.3) is 0 Å². The van der Waals surface area contributed by atoms with Gasteiger partial charge in [-0.25, -0.2) is 0 Å². The number of aromatic nitrogens is 2. The molecular weight excluding hydrogens is 236 g/mol. The number of nitrogens with zero attached hydrogens (tertiary/aromatic N) is 2. The highest BCUT2D eigenvalue weighted by atomic mass is 35.5. The number of unbranched alkanes of at least 4 members (excludes halogenated alkanes) is 1. The van der Waals surface area contributed by atoms with Crippen molar-refractivity contribution in [3.63, 3.8) is 0 Å². The summed E-state index contributed by atoms with van der Waals surface area (Å²) in [6.07, 6.45) is 4.31. The van der Waals surface area contributed by atoms with E-state index in [9.17, 15) is 0 Å². The van der Waals surface area contributed by atoms with Gasteiger partial charge in [0.15, 0.2) is 0 Å². The number of halogens is 1. The molecule has 0 atom stereocenters. The second-order valence-electron chi connectivity index (χ2n) is 3.99. The molecule has 4 nitrogen and oxygen atoms in total. The third-order valence-corrected chi connectivity index (χ3v) is 2.85. The molecule has 0 amide bonds. The number of nitrogens with one attached hydrogen (secondary N) is 2. The normalized spacial score (nSPS) is 10.5. The molecular formula is C12H25ClN4. The smallest absolute Gasteiger partial charge is 0.0490 e. The van der Waals surface area contributed by atoms with Crippen LogP contribution >= 0.6 is 12.4 Å². The van der Waals surface area contributed by atoms with Crippen LogP contribution in [0.15, 0.2) is 12.3 Å². The lowest BCUT2D eigenvalue weighted by Gasteiger charge is -2.17. The molecule has 0 saturated heterocycles. The first kappa shape index (κ1) is 16.4. The van der Waals surface area contributed by atoms with Crippen LogP contribution in [0.3, 0.4) is 0 Å². The highest BCUT2D eigenvalue weighted by molar-refractivity contribution is 5.85. The Morgan fingerprint density at radius 1 is 1.29 bits per heavy atom. The van der Waals surface area contributed by atoms with E-state index in [1.54, 1.807) is 6.20 Å². The van der Waals surface area contributed by atoms with E-state index in [-0.39, 0.29) is 12.4 Å². The van der Waals surface area contributed by atoms with Gasteiger partial charge in [-0.15, -0.1) is 12.4 Å². The standard InChI is InChI=1S/C12H24N4.ClH/c1-3-16(4-2)10-6-5-8-13-11-12-7-9-14-15-12;/h7,9,13H,3-6,8,10-11H2,1-2H3,(H,14,15);1H. The lowest BCUT2D eigenvalue weighted by molar-refractivity contribution is 0.296. The first-order valence-corrected chi connectivity index (χ1v) is 6.28. The zero-order valence-electron chi connectivity index (χ0n) is 10.9. The van der Waals surface area contributed by atoms with Gasteiger partial charge in [0, 0.05) is 18.4 Å². The van der Waals surface area contributed by atoms with Crippen LogP contribution in [0.5, 0.6) is 0 Å². The Balaban J connectivity index is 0.00000256. The summed E-state index contributed by atoms with van der Waals surface area (Å²) in [5.41, 5.74) is 1.16. The fraction of sp³-hybridized carbons (Fsp3) is 0.750. The molecule has 17 heavy (non-hydrogen) atoms. The van der Waals surface area contributed by atoms with Crippen LogP contribution in [0.2, 0.25) is 0 Å². The van der Waals surface area contributed by atoms with Crippen LogP contribution in [0, 0.1) is 0 Å². The highest BCUT2D eigenvalue weighted by Gasteiger charge is 1.98. The lowest BCUT2D eigenvalue weighted by Crippen LogP contribution is -2.25. The predicted octanol–water partition coefficient (Wildman–Crippen LogP) is 2.04. The Morgan fingerprint density at radius 3 is 2.65 bits per heavy atom. The molecule has 100 valence electrons. The van der Waals surface area contributed by atoms with Crippen LogP contribution in [0.1, 0.15) is 32.4 Å². The third kappa shape index (κ3) is 7.36. The fourth-order valence-electron chi connectivity index (χ4n) is 1.73. The fourth-order valence-corrected chi connectivity index (χ4v) is 1.73. The van der Waals surface area contributed by atoms with Gasteiger partial charge in [-0.2, -0.15) is 5.10 Å². The van der Waals surface area contributed by atoms with Gasteiger partial charge in [0.2, 0.25) is 0 Å². The molecule has 0 fully saturated rings. The maximum Gasteiger partial charge on any atom is 0.0490 e. The molecule has 1 heterocycles. The van der Waals surface area contributed by atoms with Gasteiger partial charge in [-0.3, -0.25) is 5.10 Å². The molecule has 0 aromatic carbocycles. The predicted molar refractivity (Wildman–Crippen MR) is 74.6 cm³/mol. The second-order valence-corrected chi connectivity index (χ2v) is 3.99. The van der Waals surface area contributed by atoms with Crippen LogP contribution in [0.25, 0.3) is 0 Å². The molecule has 0 spiro atoms. The average Bonchev–Trinajstić information content (AvgIpc) is 2.81. The summed E-state index contributed by atoms with van der Waals surface area (Å²) < 4.78 is 0. The lowest BCUT2D eigenvalue weighted by atomic mass is 10.3. The molecule has 1 rings (SSSR count). The number of aromatic amines is 1. The molecule has 0 aliphatic rings. The van der Waals surface area contributed by atoms with E-state index in [0.717, 1.165) is 31.9 Å². The second kappa shape index (κ2) is 10.6. The van der Waals surface area contributed by atoms with Gasteiger partial charge in [-0.1, -0.05) is 13.8 Å².